The lowest BCUT2D eigenvalue weighted by Crippen LogP contribution is -2.28. The maximum atomic E-state index is 12.4. The molecule has 0 bridgehead atoms. The number of benzene rings is 2. The quantitative estimate of drug-likeness (QED) is 0.801. The van der Waals surface area contributed by atoms with Crippen LogP contribution in [-0.2, 0) is 6.42 Å². The minimum Gasteiger partial charge on any atom is -0.488 e. The summed E-state index contributed by atoms with van der Waals surface area (Å²) in [6.07, 6.45) is -3.63. The zero-order valence-corrected chi connectivity index (χ0v) is 14.5. The van der Waals surface area contributed by atoms with Gasteiger partial charge in [0.1, 0.15) is 6.61 Å². The number of para-hydroxylation sites is 3. The van der Waals surface area contributed by atoms with Crippen LogP contribution in [0.2, 0.25) is 0 Å². The van der Waals surface area contributed by atoms with Gasteiger partial charge in [-0.15, -0.1) is 0 Å². The second kappa shape index (κ2) is 7.77. The second-order valence-electron chi connectivity index (χ2n) is 6.11. The molecule has 0 spiro atoms. The minimum absolute atomic E-state index is 0.0365. The Balaban J connectivity index is 1.64. The fourth-order valence-corrected chi connectivity index (χ4v) is 3.07. The smallest absolute Gasteiger partial charge is 0.422 e. The van der Waals surface area contributed by atoms with Crippen molar-refractivity contribution in [2.75, 3.05) is 31.2 Å². The number of carbonyl (C=O) groups is 1. The van der Waals surface area contributed by atoms with Gasteiger partial charge in [0.15, 0.2) is 18.1 Å². The summed E-state index contributed by atoms with van der Waals surface area (Å²) in [4.78, 5) is 13.6. The molecule has 27 heavy (non-hydrogen) atoms. The van der Waals surface area contributed by atoms with Crippen molar-refractivity contribution >= 4 is 11.6 Å². The molecular formula is C19H19F3N2O3. The SMILES string of the molecule is NC(=O)c1cccc2c1N(CCOc1ccccc1OCC(F)(F)F)CC2. The Morgan fingerprint density at radius 2 is 1.78 bits per heavy atom. The van der Waals surface area contributed by atoms with Gasteiger partial charge in [0.2, 0.25) is 0 Å². The van der Waals surface area contributed by atoms with Crippen molar-refractivity contribution in [3.05, 3.63) is 53.6 Å². The molecule has 3 rings (SSSR count). The number of hydrogen-bond acceptors (Lipinski definition) is 4. The molecule has 0 saturated heterocycles. The van der Waals surface area contributed by atoms with Crippen molar-refractivity contribution in [2.45, 2.75) is 12.6 Å². The standard InChI is InChI=1S/C19H19F3N2O3/c20-19(21,22)12-27-16-7-2-1-6-15(16)26-11-10-24-9-8-13-4-3-5-14(17(13)24)18(23)25/h1-7H,8-12H2,(H2,23,25). The van der Waals surface area contributed by atoms with E-state index in [4.69, 9.17) is 15.2 Å². The van der Waals surface area contributed by atoms with Gasteiger partial charge in [0.25, 0.3) is 5.91 Å². The third-order valence-electron chi connectivity index (χ3n) is 4.21. The molecule has 0 aliphatic carbocycles. The molecule has 0 fully saturated rings. The van der Waals surface area contributed by atoms with Gasteiger partial charge >= 0.3 is 6.18 Å². The van der Waals surface area contributed by atoms with E-state index in [2.05, 4.69) is 0 Å². The van der Waals surface area contributed by atoms with Crippen LogP contribution in [0.3, 0.4) is 0 Å². The van der Waals surface area contributed by atoms with Crippen LogP contribution in [0.1, 0.15) is 15.9 Å². The Labute approximate surface area is 154 Å². The summed E-state index contributed by atoms with van der Waals surface area (Å²) in [5.41, 5.74) is 7.75. The van der Waals surface area contributed by atoms with E-state index in [0.29, 0.717) is 12.1 Å². The Morgan fingerprint density at radius 1 is 1.07 bits per heavy atom. The first-order valence-corrected chi connectivity index (χ1v) is 8.43. The molecule has 0 saturated carbocycles. The van der Waals surface area contributed by atoms with Crippen LogP contribution < -0.4 is 20.1 Å². The van der Waals surface area contributed by atoms with E-state index in [1.54, 1.807) is 30.3 Å². The molecule has 2 aromatic rings. The fraction of sp³-hybridized carbons (Fsp3) is 0.316. The zero-order chi connectivity index (χ0) is 19.4. The summed E-state index contributed by atoms with van der Waals surface area (Å²) in [5, 5.41) is 0. The Hall–Kier alpha value is -2.90. The molecule has 1 heterocycles. The molecule has 2 N–H and O–H groups in total. The summed E-state index contributed by atoms with van der Waals surface area (Å²) in [5.74, 6) is -0.218. The van der Waals surface area contributed by atoms with Crippen molar-refractivity contribution in [3.8, 4) is 11.5 Å². The van der Waals surface area contributed by atoms with Crippen molar-refractivity contribution in [1.29, 1.82) is 0 Å². The number of amides is 1. The van der Waals surface area contributed by atoms with E-state index in [1.165, 1.54) is 6.07 Å². The van der Waals surface area contributed by atoms with Crippen LogP contribution >= 0.6 is 0 Å². The van der Waals surface area contributed by atoms with E-state index in [0.717, 1.165) is 24.2 Å². The Bertz CT molecular complexity index is 824. The lowest BCUT2D eigenvalue weighted by Gasteiger charge is -2.22. The molecular weight excluding hydrogens is 361 g/mol. The molecule has 0 aromatic heterocycles. The van der Waals surface area contributed by atoms with E-state index >= 15 is 0 Å². The van der Waals surface area contributed by atoms with Gasteiger partial charge in [-0.2, -0.15) is 13.2 Å². The van der Waals surface area contributed by atoms with Crippen molar-refractivity contribution in [1.82, 2.24) is 0 Å². The van der Waals surface area contributed by atoms with Crippen LogP contribution in [0, 0.1) is 0 Å². The fourth-order valence-electron chi connectivity index (χ4n) is 3.07. The van der Waals surface area contributed by atoms with Crippen molar-refractivity contribution in [2.24, 2.45) is 5.73 Å². The van der Waals surface area contributed by atoms with E-state index in [-0.39, 0.29) is 18.1 Å². The highest BCUT2D eigenvalue weighted by atomic mass is 19.4. The number of ether oxygens (including phenoxy) is 2. The van der Waals surface area contributed by atoms with Gasteiger partial charge in [-0.3, -0.25) is 4.79 Å². The molecule has 144 valence electrons. The highest BCUT2D eigenvalue weighted by Gasteiger charge is 2.29. The number of halogens is 3. The maximum Gasteiger partial charge on any atom is 0.422 e. The summed E-state index contributed by atoms with van der Waals surface area (Å²) >= 11 is 0. The van der Waals surface area contributed by atoms with Crippen LogP contribution in [0.5, 0.6) is 11.5 Å². The van der Waals surface area contributed by atoms with E-state index < -0.39 is 18.7 Å². The molecule has 1 aliphatic heterocycles. The monoisotopic (exact) mass is 380 g/mol. The van der Waals surface area contributed by atoms with Gasteiger partial charge in [0, 0.05) is 6.54 Å². The van der Waals surface area contributed by atoms with Crippen LogP contribution in [0.15, 0.2) is 42.5 Å². The summed E-state index contributed by atoms with van der Waals surface area (Å²) in [6, 6.07) is 11.6. The number of nitrogens with two attached hydrogens (primary N) is 1. The third-order valence-corrected chi connectivity index (χ3v) is 4.21. The van der Waals surface area contributed by atoms with Crippen molar-refractivity contribution in [3.63, 3.8) is 0 Å². The van der Waals surface area contributed by atoms with Crippen LogP contribution in [0.4, 0.5) is 18.9 Å². The predicted molar refractivity (Wildman–Crippen MR) is 94.4 cm³/mol. The van der Waals surface area contributed by atoms with Crippen molar-refractivity contribution < 1.29 is 27.4 Å². The zero-order valence-electron chi connectivity index (χ0n) is 14.5. The minimum atomic E-state index is -4.42. The summed E-state index contributed by atoms with van der Waals surface area (Å²) in [7, 11) is 0. The number of primary amides is 1. The number of alkyl halides is 3. The molecule has 0 atom stereocenters. The van der Waals surface area contributed by atoms with Gasteiger partial charge in [0.05, 0.1) is 17.8 Å². The van der Waals surface area contributed by atoms with Crippen LogP contribution in [-0.4, -0.2) is 38.4 Å². The van der Waals surface area contributed by atoms with E-state index in [1.807, 2.05) is 11.0 Å². The Kier molecular flexibility index (Phi) is 5.43. The summed E-state index contributed by atoms with van der Waals surface area (Å²) < 4.78 is 47.5. The highest BCUT2D eigenvalue weighted by Crippen LogP contribution is 2.32. The molecule has 8 heteroatoms. The molecule has 1 aliphatic rings. The Morgan fingerprint density at radius 3 is 2.44 bits per heavy atom. The predicted octanol–water partition coefficient (Wildman–Crippen LogP) is 3.17. The first-order valence-electron chi connectivity index (χ1n) is 8.43. The summed E-state index contributed by atoms with van der Waals surface area (Å²) in [6.45, 7) is 0.0217. The normalized spacial score (nSPS) is 13.4. The number of carbonyl (C=O) groups excluding carboxylic acids is 1. The number of nitrogens with zero attached hydrogens (tertiary/aromatic N) is 1. The maximum absolute atomic E-state index is 12.4. The molecule has 5 nitrogen and oxygen atoms in total. The number of rotatable bonds is 7. The first-order chi connectivity index (χ1) is 12.8. The topological polar surface area (TPSA) is 64.8 Å². The van der Waals surface area contributed by atoms with E-state index in [9.17, 15) is 18.0 Å². The highest BCUT2D eigenvalue weighted by molar-refractivity contribution is 5.99. The largest absolute Gasteiger partial charge is 0.488 e. The molecule has 2 aromatic carbocycles. The lowest BCUT2D eigenvalue weighted by molar-refractivity contribution is -0.153. The average molecular weight is 380 g/mol. The van der Waals surface area contributed by atoms with Gasteiger partial charge < -0.3 is 20.1 Å². The van der Waals surface area contributed by atoms with Gasteiger partial charge in [-0.1, -0.05) is 24.3 Å². The van der Waals surface area contributed by atoms with Gasteiger partial charge in [-0.05, 0) is 30.2 Å². The van der Waals surface area contributed by atoms with Crippen LogP contribution in [0.25, 0.3) is 0 Å². The third kappa shape index (κ3) is 4.64. The van der Waals surface area contributed by atoms with Gasteiger partial charge in [-0.25, -0.2) is 0 Å². The number of fused-ring (bicyclic) bond motifs is 1. The molecule has 0 radical (unpaired) electrons. The second-order valence-corrected chi connectivity index (χ2v) is 6.11. The number of hydrogen-bond donors (Lipinski definition) is 1. The molecule has 1 amide bonds. The molecule has 0 unspecified atom stereocenters. The lowest BCUT2D eigenvalue weighted by atomic mass is 10.1. The number of anilines is 1. The first kappa shape index (κ1) is 18.9. The average Bonchev–Trinajstić information content (AvgIpc) is 3.03.